The molecule has 5 N–H and O–H groups in total. The SMILES string of the molecule is Cc1ccc(Cc2ccc(F)cc2N(C(=O)CN)c2cccc(F)c2CCC2CNC(COC(N)=O)CO2)cc1. The highest BCUT2D eigenvalue weighted by Gasteiger charge is 2.27. The number of carbonyl (C=O) groups is 2. The highest BCUT2D eigenvalue weighted by Crippen LogP contribution is 2.35. The van der Waals surface area contributed by atoms with Crippen molar-refractivity contribution in [3.05, 3.63) is 94.6 Å². The lowest BCUT2D eigenvalue weighted by molar-refractivity contribution is -0.116. The molecule has 0 aliphatic carbocycles. The molecule has 0 bridgehead atoms. The van der Waals surface area contributed by atoms with Crippen molar-refractivity contribution in [3.8, 4) is 0 Å². The molecule has 0 aromatic heterocycles. The normalized spacial score (nSPS) is 16.9. The fourth-order valence-electron chi connectivity index (χ4n) is 4.76. The molecule has 3 aromatic carbocycles. The van der Waals surface area contributed by atoms with E-state index in [-0.39, 0.29) is 31.7 Å². The van der Waals surface area contributed by atoms with Crippen molar-refractivity contribution in [3.63, 3.8) is 0 Å². The van der Waals surface area contributed by atoms with E-state index in [9.17, 15) is 14.0 Å². The number of hydrogen-bond acceptors (Lipinski definition) is 6. The van der Waals surface area contributed by atoms with Crippen LogP contribution in [0, 0.1) is 18.6 Å². The summed E-state index contributed by atoms with van der Waals surface area (Å²) in [5.41, 5.74) is 14.5. The van der Waals surface area contributed by atoms with Crippen molar-refractivity contribution < 1.29 is 27.8 Å². The Morgan fingerprint density at radius 3 is 2.55 bits per heavy atom. The summed E-state index contributed by atoms with van der Waals surface area (Å²) >= 11 is 0. The monoisotopic (exact) mass is 552 g/mol. The number of ether oxygens (including phenoxy) is 2. The van der Waals surface area contributed by atoms with Gasteiger partial charge in [0, 0.05) is 12.1 Å². The summed E-state index contributed by atoms with van der Waals surface area (Å²) in [5, 5.41) is 3.23. The number of nitrogens with two attached hydrogens (primary N) is 2. The van der Waals surface area contributed by atoms with Gasteiger partial charge in [-0.25, -0.2) is 13.6 Å². The molecule has 1 aliphatic heterocycles. The van der Waals surface area contributed by atoms with Gasteiger partial charge in [0.1, 0.15) is 18.2 Å². The number of anilines is 2. The number of morpholine rings is 1. The third-order valence-corrected chi connectivity index (χ3v) is 6.87. The number of benzene rings is 3. The third-order valence-electron chi connectivity index (χ3n) is 6.87. The summed E-state index contributed by atoms with van der Waals surface area (Å²) < 4.78 is 40.6. The number of halogens is 2. The Hall–Kier alpha value is -3.86. The van der Waals surface area contributed by atoms with E-state index >= 15 is 4.39 Å². The number of hydrogen-bond donors (Lipinski definition) is 3. The first-order valence-electron chi connectivity index (χ1n) is 13.2. The van der Waals surface area contributed by atoms with E-state index in [0.717, 1.165) is 11.1 Å². The van der Waals surface area contributed by atoms with Gasteiger partial charge in [0.2, 0.25) is 5.91 Å². The predicted molar refractivity (Wildman–Crippen MR) is 148 cm³/mol. The van der Waals surface area contributed by atoms with Crippen LogP contribution in [0.3, 0.4) is 0 Å². The summed E-state index contributed by atoms with van der Waals surface area (Å²) in [5.74, 6) is -1.50. The van der Waals surface area contributed by atoms with Crippen LogP contribution in [0.5, 0.6) is 0 Å². The minimum Gasteiger partial charge on any atom is -0.448 e. The van der Waals surface area contributed by atoms with Crippen LogP contribution in [-0.2, 0) is 27.1 Å². The van der Waals surface area contributed by atoms with Crippen LogP contribution in [0.1, 0.15) is 28.7 Å². The fourth-order valence-corrected chi connectivity index (χ4v) is 4.76. The predicted octanol–water partition coefficient (Wildman–Crippen LogP) is 3.87. The first kappa shape index (κ1) is 29.1. The molecule has 3 aromatic rings. The summed E-state index contributed by atoms with van der Waals surface area (Å²) in [4.78, 5) is 25.4. The van der Waals surface area contributed by atoms with E-state index in [4.69, 9.17) is 20.9 Å². The molecular formula is C30H34F2N4O4. The number of nitrogens with one attached hydrogen (secondary N) is 1. The van der Waals surface area contributed by atoms with Crippen molar-refractivity contribution in [1.29, 1.82) is 0 Å². The lowest BCUT2D eigenvalue weighted by atomic mass is 9.99. The molecule has 10 heteroatoms. The van der Waals surface area contributed by atoms with Gasteiger partial charge in [0.05, 0.1) is 36.7 Å². The van der Waals surface area contributed by atoms with Crippen molar-refractivity contribution >= 4 is 23.4 Å². The molecule has 40 heavy (non-hydrogen) atoms. The van der Waals surface area contributed by atoms with Gasteiger partial charge in [-0.1, -0.05) is 42.0 Å². The molecule has 4 rings (SSSR count). The molecule has 8 nitrogen and oxygen atoms in total. The van der Waals surface area contributed by atoms with Gasteiger partial charge in [0.25, 0.3) is 0 Å². The maximum atomic E-state index is 15.3. The average Bonchev–Trinajstić information content (AvgIpc) is 2.94. The van der Waals surface area contributed by atoms with Gasteiger partial charge < -0.3 is 26.3 Å². The molecule has 1 saturated heterocycles. The molecular weight excluding hydrogens is 518 g/mol. The molecule has 2 unspecified atom stereocenters. The first-order valence-corrected chi connectivity index (χ1v) is 13.2. The van der Waals surface area contributed by atoms with Gasteiger partial charge >= 0.3 is 6.09 Å². The van der Waals surface area contributed by atoms with E-state index in [1.807, 2.05) is 31.2 Å². The molecule has 1 aliphatic rings. The van der Waals surface area contributed by atoms with Crippen molar-refractivity contribution in [1.82, 2.24) is 5.32 Å². The first-order chi connectivity index (χ1) is 19.2. The van der Waals surface area contributed by atoms with Gasteiger partial charge in [-0.15, -0.1) is 0 Å². The topological polar surface area (TPSA) is 120 Å². The number of primary amides is 1. The van der Waals surface area contributed by atoms with Crippen LogP contribution in [-0.4, -0.2) is 50.4 Å². The van der Waals surface area contributed by atoms with Gasteiger partial charge in [-0.3, -0.25) is 9.69 Å². The van der Waals surface area contributed by atoms with E-state index in [1.165, 1.54) is 29.2 Å². The van der Waals surface area contributed by atoms with Crippen LogP contribution in [0.25, 0.3) is 0 Å². The molecule has 0 radical (unpaired) electrons. The van der Waals surface area contributed by atoms with Crippen molar-refractivity contribution in [2.75, 3.05) is 31.2 Å². The lowest BCUT2D eigenvalue weighted by Gasteiger charge is -2.31. The second-order valence-electron chi connectivity index (χ2n) is 9.84. The van der Waals surface area contributed by atoms with Crippen LogP contribution < -0.4 is 21.7 Å². The van der Waals surface area contributed by atoms with Crippen LogP contribution in [0.4, 0.5) is 25.0 Å². The quantitative estimate of drug-likeness (QED) is 0.351. The number of nitrogens with zero attached hydrogens (tertiary/aromatic N) is 1. The number of rotatable bonds is 10. The lowest BCUT2D eigenvalue weighted by Crippen LogP contribution is -2.49. The second-order valence-corrected chi connectivity index (χ2v) is 9.84. The summed E-state index contributed by atoms with van der Waals surface area (Å²) in [7, 11) is 0. The molecule has 1 heterocycles. The summed E-state index contributed by atoms with van der Waals surface area (Å²) in [6.45, 7) is 2.50. The summed E-state index contributed by atoms with van der Waals surface area (Å²) in [6.07, 6.45) is 0.0642. The van der Waals surface area contributed by atoms with Crippen LogP contribution in [0.2, 0.25) is 0 Å². The smallest absolute Gasteiger partial charge is 0.404 e. The Kier molecular flexibility index (Phi) is 9.81. The van der Waals surface area contributed by atoms with E-state index in [1.54, 1.807) is 12.1 Å². The van der Waals surface area contributed by atoms with Gasteiger partial charge in [-0.05, 0) is 61.6 Å². The van der Waals surface area contributed by atoms with E-state index in [0.29, 0.717) is 48.5 Å². The maximum Gasteiger partial charge on any atom is 0.404 e. The van der Waals surface area contributed by atoms with E-state index < -0.39 is 23.6 Å². The zero-order valence-corrected chi connectivity index (χ0v) is 22.4. The number of amides is 2. The Labute approximate surface area is 232 Å². The minimum atomic E-state index is -0.854. The van der Waals surface area contributed by atoms with E-state index in [2.05, 4.69) is 5.32 Å². The standard InChI is InChI=1S/C30H34F2N4O4/c1-19-5-7-20(8-6-19)13-21-9-10-22(31)14-28(21)36(29(37)15-33)27-4-2-3-26(32)25(27)12-11-24-16-35-23(17-39-24)18-40-30(34)38/h2-10,14,23-24,35H,11-13,15-18,33H2,1H3,(H2,34,38). The fraction of sp³-hybridized carbons (Fsp3) is 0.333. The second kappa shape index (κ2) is 13.5. The molecule has 0 spiro atoms. The average molecular weight is 553 g/mol. The Morgan fingerprint density at radius 2 is 1.88 bits per heavy atom. The highest BCUT2D eigenvalue weighted by atomic mass is 19.1. The Balaban J connectivity index is 1.60. The number of carbonyl (C=O) groups excluding carboxylic acids is 2. The zero-order valence-electron chi connectivity index (χ0n) is 22.4. The minimum absolute atomic E-state index is 0.0915. The van der Waals surface area contributed by atoms with Gasteiger partial charge in [0.15, 0.2) is 0 Å². The molecule has 1 fully saturated rings. The molecule has 2 amide bonds. The van der Waals surface area contributed by atoms with Crippen molar-refractivity contribution in [2.24, 2.45) is 11.5 Å². The molecule has 0 saturated carbocycles. The largest absolute Gasteiger partial charge is 0.448 e. The summed E-state index contributed by atoms with van der Waals surface area (Å²) in [6, 6.07) is 16.5. The zero-order chi connectivity index (χ0) is 28.6. The Morgan fingerprint density at radius 1 is 1.10 bits per heavy atom. The number of aryl methyl sites for hydroxylation is 1. The maximum absolute atomic E-state index is 15.3. The Bertz CT molecular complexity index is 1330. The third kappa shape index (κ3) is 7.41. The van der Waals surface area contributed by atoms with Gasteiger partial charge in [-0.2, -0.15) is 0 Å². The molecule has 2 atom stereocenters. The highest BCUT2D eigenvalue weighted by molar-refractivity contribution is 6.03. The van der Waals surface area contributed by atoms with Crippen LogP contribution in [0.15, 0.2) is 60.7 Å². The van der Waals surface area contributed by atoms with Crippen molar-refractivity contribution in [2.45, 2.75) is 38.3 Å². The van der Waals surface area contributed by atoms with Crippen LogP contribution >= 0.6 is 0 Å². The molecule has 212 valence electrons.